The molecule has 0 bridgehead atoms. The van der Waals surface area contributed by atoms with Gasteiger partial charge in [0.1, 0.15) is 7.11 Å². The summed E-state index contributed by atoms with van der Waals surface area (Å²) in [5.41, 5.74) is 0.669. The Bertz CT molecular complexity index is 451. The number of hydrogen-bond acceptors (Lipinski definition) is 4. The van der Waals surface area contributed by atoms with Crippen molar-refractivity contribution in [3.8, 4) is 0 Å². The van der Waals surface area contributed by atoms with E-state index >= 15 is 0 Å². The Hall–Kier alpha value is -1.36. The van der Waals surface area contributed by atoms with Crippen molar-refractivity contribution >= 4 is 15.5 Å². The van der Waals surface area contributed by atoms with Crippen LogP contribution in [0.15, 0.2) is 40.4 Å². The van der Waals surface area contributed by atoms with Crippen molar-refractivity contribution in [1.29, 1.82) is 0 Å². The molecule has 0 fully saturated rings. The number of nitrogens with zero attached hydrogens (tertiary/aromatic N) is 1. The van der Waals surface area contributed by atoms with E-state index in [4.69, 9.17) is 0 Å². The molecule has 1 aromatic carbocycles. The van der Waals surface area contributed by atoms with Gasteiger partial charge in [0.05, 0.1) is 16.4 Å². The van der Waals surface area contributed by atoms with E-state index in [1.54, 1.807) is 37.3 Å². The maximum absolute atomic E-state index is 11.8. The summed E-state index contributed by atoms with van der Waals surface area (Å²) in [7, 11) is -1.77. The highest BCUT2D eigenvalue weighted by molar-refractivity contribution is 7.91. The number of sulfone groups is 1. The maximum Gasteiger partial charge on any atom is 0.178 e. The Morgan fingerprint density at radius 3 is 2.50 bits per heavy atom. The van der Waals surface area contributed by atoms with Crippen LogP contribution in [-0.4, -0.2) is 27.0 Å². The van der Waals surface area contributed by atoms with Gasteiger partial charge in [-0.3, -0.25) is 0 Å². The Balaban J connectivity index is 2.71. The van der Waals surface area contributed by atoms with Gasteiger partial charge in [0.2, 0.25) is 0 Å². The quantitative estimate of drug-likeness (QED) is 0.584. The average Bonchev–Trinajstić information content (AvgIpc) is 2.28. The second kappa shape index (κ2) is 5.65. The van der Waals surface area contributed by atoms with Gasteiger partial charge in [-0.25, -0.2) is 8.42 Å². The van der Waals surface area contributed by atoms with Crippen molar-refractivity contribution in [2.75, 3.05) is 12.9 Å². The summed E-state index contributed by atoms with van der Waals surface area (Å²) < 4.78 is 23.7. The minimum absolute atomic E-state index is 0.0513. The smallest absolute Gasteiger partial charge is 0.178 e. The summed E-state index contributed by atoms with van der Waals surface area (Å²) >= 11 is 0. The van der Waals surface area contributed by atoms with Gasteiger partial charge in [-0.15, -0.1) is 0 Å². The van der Waals surface area contributed by atoms with Crippen molar-refractivity contribution in [3.63, 3.8) is 0 Å². The zero-order valence-electron chi connectivity index (χ0n) is 9.38. The van der Waals surface area contributed by atoms with E-state index in [0.29, 0.717) is 17.0 Å². The summed E-state index contributed by atoms with van der Waals surface area (Å²) in [5, 5.41) is 3.67. The second-order valence-corrected chi connectivity index (χ2v) is 5.50. The first-order chi connectivity index (χ1) is 7.56. The second-order valence-electron chi connectivity index (χ2n) is 3.39. The van der Waals surface area contributed by atoms with Crippen LogP contribution in [0.2, 0.25) is 0 Å². The molecule has 1 aromatic rings. The molecule has 0 amide bonds. The molecule has 0 aliphatic carbocycles. The third-order valence-electron chi connectivity index (χ3n) is 2.08. The van der Waals surface area contributed by atoms with E-state index in [0.717, 1.165) is 0 Å². The lowest BCUT2D eigenvalue weighted by Gasteiger charge is -2.03. The molecule has 0 aliphatic heterocycles. The fourth-order valence-electron chi connectivity index (χ4n) is 1.23. The molecule has 0 unspecified atom stereocenters. The van der Waals surface area contributed by atoms with Gasteiger partial charge in [0, 0.05) is 6.42 Å². The van der Waals surface area contributed by atoms with Gasteiger partial charge in [-0.1, -0.05) is 23.4 Å². The van der Waals surface area contributed by atoms with Crippen LogP contribution in [0.4, 0.5) is 0 Å². The number of oxime groups is 1. The summed E-state index contributed by atoms with van der Waals surface area (Å²) in [5.74, 6) is 0.0513. The molecule has 16 heavy (non-hydrogen) atoms. The summed E-state index contributed by atoms with van der Waals surface area (Å²) in [6.07, 6.45) is 0.380. The third kappa shape index (κ3) is 3.66. The molecule has 0 saturated carbocycles. The van der Waals surface area contributed by atoms with Gasteiger partial charge in [-0.05, 0) is 19.1 Å². The molecule has 4 nitrogen and oxygen atoms in total. The average molecular weight is 241 g/mol. The van der Waals surface area contributed by atoms with Crippen molar-refractivity contribution < 1.29 is 13.3 Å². The normalized spacial score (nSPS) is 12.5. The molecule has 0 aromatic heterocycles. The van der Waals surface area contributed by atoms with E-state index in [1.807, 2.05) is 0 Å². The van der Waals surface area contributed by atoms with Crippen LogP contribution in [0, 0.1) is 0 Å². The van der Waals surface area contributed by atoms with E-state index < -0.39 is 9.84 Å². The summed E-state index contributed by atoms with van der Waals surface area (Å²) in [6.45, 7) is 1.74. The Kier molecular flexibility index (Phi) is 4.49. The summed E-state index contributed by atoms with van der Waals surface area (Å²) in [6, 6.07) is 8.40. The van der Waals surface area contributed by atoms with E-state index in [-0.39, 0.29) is 5.75 Å². The third-order valence-corrected chi connectivity index (χ3v) is 3.81. The molecule has 0 aliphatic rings. The molecule has 88 valence electrons. The molecular weight excluding hydrogens is 226 g/mol. The van der Waals surface area contributed by atoms with Crippen LogP contribution >= 0.6 is 0 Å². The fraction of sp³-hybridized carbons (Fsp3) is 0.364. The molecule has 1 rings (SSSR count). The predicted octanol–water partition coefficient (Wildman–Crippen LogP) is 1.87. The molecule has 0 saturated heterocycles. The van der Waals surface area contributed by atoms with Gasteiger partial charge in [0.25, 0.3) is 0 Å². The van der Waals surface area contributed by atoms with Crippen LogP contribution < -0.4 is 0 Å². The SMILES string of the molecule is CO/N=C(/C)CCS(=O)(=O)c1ccccc1. The Labute approximate surface area is 95.8 Å². The van der Waals surface area contributed by atoms with Crippen LogP contribution in [0.25, 0.3) is 0 Å². The lowest BCUT2D eigenvalue weighted by atomic mass is 10.3. The van der Waals surface area contributed by atoms with Crippen molar-refractivity contribution in [3.05, 3.63) is 30.3 Å². The lowest BCUT2D eigenvalue weighted by molar-refractivity contribution is 0.212. The number of benzene rings is 1. The first kappa shape index (κ1) is 12.7. The molecule has 5 heteroatoms. The predicted molar refractivity (Wildman–Crippen MR) is 63.2 cm³/mol. The van der Waals surface area contributed by atoms with Crippen LogP contribution in [-0.2, 0) is 14.7 Å². The number of rotatable bonds is 5. The minimum atomic E-state index is -3.21. The highest BCUT2D eigenvalue weighted by Gasteiger charge is 2.13. The molecule has 0 spiro atoms. The first-order valence-corrected chi connectivity index (χ1v) is 6.56. The Morgan fingerprint density at radius 1 is 1.31 bits per heavy atom. The molecule has 0 N–H and O–H groups in total. The van der Waals surface area contributed by atoms with Gasteiger partial charge >= 0.3 is 0 Å². The molecule has 0 atom stereocenters. The lowest BCUT2D eigenvalue weighted by Crippen LogP contribution is -2.10. The van der Waals surface area contributed by atoms with Crippen molar-refractivity contribution in [2.45, 2.75) is 18.2 Å². The van der Waals surface area contributed by atoms with Crippen LogP contribution in [0.5, 0.6) is 0 Å². The molecule has 0 heterocycles. The van der Waals surface area contributed by atoms with Crippen molar-refractivity contribution in [2.24, 2.45) is 5.16 Å². The highest BCUT2D eigenvalue weighted by atomic mass is 32.2. The standard InChI is InChI=1S/C11H15NO3S/c1-10(12-15-2)8-9-16(13,14)11-6-4-3-5-7-11/h3-7H,8-9H2,1-2H3/b12-10-. The topological polar surface area (TPSA) is 55.7 Å². The summed E-state index contributed by atoms with van der Waals surface area (Å²) in [4.78, 5) is 4.92. The monoisotopic (exact) mass is 241 g/mol. The van der Waals surface area contributed by atoms with Crippen molar-refractivity contribution in [1.82, 2.24) is 0 Å². The van der Waals surface area contributed by atoms with Gasteiger partial charge < -0.3 is 4.84 Å². The largest absolute Gasteiger partial charge is 0.399 e. The van der Waals surface area contributed by atoms with E-state index in [1.165, 1.54) is 7.11 Å². The van der Waals surface area contributed by atoms with Crippen LogP contribution in [0.3, 0.4) is 0 Å². The maximum atomic E-state index is 11.8. The fourth-order valence-corrected chi connectivity index (χ4v) is 2.60. The van der Waals surface area contributed by atoms with E-state index in [9.17, 15) is 8.42 Å². The zero-order chi connectivity index (χ0) is 12.0. The highest BCUT2D eigenvalue weighted by Crippen LogP contribution is 2.11. The first-order valence-electron chi connectivity index (χ1n) is 4.90. The van der Waals surface area contributed by atoms with Gasteiger partial charge in [-0.2, -0.15) is 0 Å². The molecular formula is C11H15NO3S. The van der Waals surface area contributed by atoms with Crippen LogP contribution in [0.1, 0.15) is 13.3 Å². The molecule has 0 radical (unpaired) electrons. The number of hydrogen-bond donors (Lipinski definition) is 0. The Morgan fingerprint density at radius 2 is 1.94 bits per heavy atom. The zero-order valence-corrected chi connectivity index (χ0v) is 10.2. The van der Waals surface area contributed by atoms with E-state index in [2.05, 4.69) is 9.99 Å². The van der Waals surface area contributed by atoms with Gasteiger partial charge in [0.15, 0.2) is 9.84 Å². The minimum Gasteiger partial charge on any atom is -0.399 e.